The SMILES string of the molecule is O=C(OCc1c(O)cc(O)c2c(=O)cc(-c3ccc(O)cc3)oc12)N1CCNCC1. The van der Waals surface area contributed by atoms with Gasteiger partial charge >= 0.3 is 6.09 Å². The second kappa shape index (κ2) is 7.96. The fraction of sp³-hybridized carbons (Fsp3) is 0.238. The van der Waals surface area contributed by atoms with Crippen molar-refractivity contribution in [3.05, 3.63) is 52.2 Å². The molecule has 0 bridgehead atoms. The quantitative estimate of drug-likeness (QED) is 0.514. The lowest BCUT2D eigenvalue weighted by Gasteiger charge is -2.26. The first-order valence-corrected chi connectivity index (χ1v) is 9.37. The highest BCUT2D eigenvalue weighted by molar-refractivity contribution is 5.89. The van der Waals surface area contributed by atoms with Crippen LogP contribution in [0.4, 0.5) is 4.79 Å². The Bertz CT molecular complexity index is 1150. The Hall–Kier alpha value is -3.72. The molecule has 0 aliphatic carbocycles. The van der Waals surface area contributed by atoms with E-state index < -0.39 is 17.3 Å². The van der Waals surface area contributed by atoms with Crippen LogP contribution in [0.25, 0.3) is 22.3 Å². The zero-order chi connectivity index (χ0) is 21.3. The first kappa shape index (κ1) is 19.6. The lowest BCUT2D eigenvalue weighted by molar-refractivity contribution is 0.0914. The highest BCUT2D eigenvalue weighted by Gasteiger charge is 2.22. The van der Waals surface area contributed by atoms with Crippen molar-refractivity contribution in [2.75, 3.05) is 26.2 Å². The normalized spacial score (nSPS) is 14.1. The highest BCUT2D eigenvalue weighted by atomic mass is 16.6. The maximum atomic E-state index is 12.6. The molecule has 2 heterocycles. The number of piperazine rings is 1. The van der Waals surface area contributed by atoms with E-state index in [4.69, 9.17) is 9.15 Å². The van der Waals surface area contributed by atoms with E-state index in [1.165, 1.54) is 23.1 Å². The third kappa shape index (κ3) is 3.74. The Morgan fingerprint density at radius 3 is 2.47 bits per heavy atom. The van der Waals surface area contributed by atoms with Gasteiger partial charge in [0.15, 0.2) is 11.0 Å². The topological polar surface area (TPSA) is 132 Å². The van der Waals surface area contributed by atoms with Crippen LogP contribution < -0.4 is 10.7 Å². The molecule has 1 amide bonds. The highest BCUT2D eigenvalue weighted by Crippen LogP contribution is 2.35. The fourth-order valence-corrected chi connectivity index (χ4v) is 3.33. The molecule has 1 aliphatic heterocycles. The standard InChI is InChI=1S/C21H20N2O7/c24-13-3-1-12(2-4-13)18-10-17(27)19-16(26)9-15(25)14(20(19)30-18)11-29-21(28)23-7-5-22-6-8-23/h1-4,9-10,22,24-26H,5-8,11H2. The summed E-state index contributed by atoms with van der Waals surface area (Å²) in [5.74, 6) is -0.574. The van der Waals surface area contributed by atoms with Gasteiger partial charge in [0.1, 0.15) is 35.0 Å². The van der Waals surface area contributed by atoms with E-state index in [1.807, 2.05) is 0 Å². The van der Waals surface area contributed by atoms with Gasteiger partial charge in [-0.3, -0.25) is 4.79 Å². The van der Waals surface area contributed by atoms with Crippen LogP contribution in [0, 0.1) is 0 Å². The monoisotopic (exact) mass is 412 g/mol. The Balaban J connectivity index is 1.73. The minimum atomic E-state index is -0.547. The summed E-state index contributed by atoms with van der Waals surface area (Å²) in [6, 6.07) is 8.24. The van der Waals surface area contributed by atoms with Gasteiger partial charge in [-0.1, -0.05) is 0 Å². The molecule has 0 radical (unpaired) electrons. The number of phenolic OH excluding ortho intramolecular Hbond substituents is 3. The molecule has 9 nitrogen and oxygen atoms in total. The number of benzene rings is 2. The number of carbonyl (C=O) groups is 1. The second-order valence-electron chi connectivity index (χ2n) is 6.91. The van der Waals surface area contributed by atoms with Crippen LogP contribution in [-0.2, 0) is 11.3 Å². The molecule has 0 saturated carbocycles. The minimum Gasteiger partial charge on any atom is -0.508 e. The third-order valence-corrected chi connectivity index (χ3v) is 4.93. The summed E-state index contributed by atoms with van der Waals surface area (Å²) in [5.41, 5.74) is -0.00917. The van der Waals surface area contributed by atoms with Crippen LogP contribution >= 0.6 is 0 Å². The Labute approximate surface area is 170 Å². The minimum absolute atomic E-state index is 0.0534. The predicted molar refractivity (Wildman–Crippen MR) is 108 cm³/mol. The summed E-state index contributed by atoms with van der Waals surface area (Å²) >= 11 is 0. The fourth-order valence-electron chi connectivity index (χ4n) is 3.33. The number of rotatable bonds is 3. The molecule has 0 spiro atoms. The number of hydrogen-bond donors (Lipinski definition) is 4. The van der Waals surface area contributed by atoms with Crippen LogP contribution in [0.3, 0.4) is 0 Å². The maximum Gasteiger partial charge on any atom is 0.410 e. The van der Waals surface area contributed by atoms with Crippen LogP contribution in [0.5, 0.6) is 17.2 Å². The summed E-state index contributed by atoms with van der Waals surface area (Å²) in [7, 11) is 0. The molecule has 3 aromatic rings. The lowest BCUT2D eigenvalue weighted by atomic mass is 10.1. The first-order valence-electron chi connectivity index (χ1n) is 9.37. The van der Waals surface area contributed by atoms with Gasteiger partial charge in [-0.2, -0.15) is 0 Å². The van der Waals surface area contributed by atoms with Crippen LogP contribution in [0.1, 0.15) is 5.56 Å². The molecule has 0 unspecified atom stereocenters. The summed E-state index contributed by atoms with van der Waals surface area (Å²) in [6.07, 6.45) is -0.547. The van der Waals surface area contributed by atoms with Crippen molar-refractivity contribution in [1.29, 1.82) is 0 Å². The smallest absolute Gasteiger partial charge is 0.410 e. The van der Waals surface area contributed by atoms with Crippen molar-refractivity contribution in [2.24, 2.45) is 0 Å². The predicted octanol–water partition coefficient (Wildman–Crippen LogP) is 2.12. The van der Waals surface area contributed by atoms with Crippen molar-refractivity contribution >= 4 is 17.1 Å². The van der Waals surface area contributed by atoms with Crippen molar-refractivity contribution < 1.29 is 29.3 Å². The average molecular weight is 412 g/mol. The summed E-state index contributed by atoms with van der Waals surface area (Å²) in [5, 5.41) is 33.0. The van der Waals surface area contributed by atoms with Crippen LogP contribution in [0.2, 0.25) is 0 Å². The third-order valence-electron chi connectivity index (χ3n) is 4.93. The molecule has 1 aromatic heterocycles. The zero-order valence-corrected chi connectivity index (χ0v) is 15.9. The van der Waals surface area contributed by atoms with Gasteiger partial charge < -0.3 is 34.7 Å². The van der Waals surface area contributed by atoms with Gasteiger partial charge in [0.05, 0.1) is 5.56 Å². The molecule has 156 valence electrons. The lowest BCUT2D eigenvalue weighted by Crippen LogP contribution is -2.46. The number of carbonyl (C=O) groups excluding carboxylic acids is 1. The number of aromatic hydroxyl groups is 3. The Morgan fingerprint density at radius 2 is 1.77 bits per heavy atom. The molecular formula is C21H20N2O7. The van der Waals surface area contributed by atoms with Gasteiger partial charge in [-0.15, -0.1) is 0 Å². The second-order valence-corrected chi connectivity index (χ2v) is 6.91. The van der Waals surface area contributed by atoms with Crippen molar-refractivity contribution in [1.82, 2.24) is 10.2 Å². The van der Waals surface area contributed by atoms with Crippen molar-refractivity contribution in [3.8, 4) is 28.6 Å². The van der Waals surface area contributed by atoms with Crippen molar-refractivity contribution in [2.45, 2.75) is 6.61 Å². The molecule has 1 aliphatic rings. The number of amides is 1. The van der Waals surface area contributed by atoms with Crippen molar-refractivity contribution in [3.63, 3.8) is 0 Å². The van der Waals surface area contributed by atoms with E-state index in [9.17, 15) is 24.9 Å². The molecular weight excluding hydrogens is 392 g/mol. The number of hydrogen-bond acceptors (Lipinski definition) is 8. The van der Waals surface area contributed by atoms with E-state index in [-0.39, 0.29) is 40.4 Å². The van der Waals surface area contributed by atoms with Gasteiger partial charge in [-0.25, -0.2) is 4.79 Å². The number of phenols is 3. The van der Waals surface area contributed by atoms with E-state index in [0.29, 0.717) is 31.7 Å². The average Bonchev–Trinajstić information content (AvgIpc) is 2.74. The Morgan fingerprint density at radius 1 is 1.07 bits per heavy atom. The number of nitrogens with one attached hydrogen (secondary N) is 1. The van der Waals surface area contributed by atoms with Gasteiger partial charge in [0.2, 0.25) is 0 Å². The summed E-state index contributed by atoms with van der Waals surface area (Å²) in [4.78, 5) is 26.5. The molecule has 4 N–H and O–H groups in total. The molecule has 9 heteroatoms. The van der Waals surface area contributed by atoms with E-state index in [2.05, 4.69) is 5.32 Å². The summed E-state index contributed by atoms with van der Waals surface area (Å²) < 4.78 is 11.1. The zero-order valence-electron chi connectivity index (χ0n) is 15.9. The van der Waals surface area contributed by atoms with Crippen LogP contribution in [0.15, 0.2) is 45.6 Å². The molecule has 0 atom stereocenters. The van der Waals surface area contributed by atoms with E-state index >= 15 is 0 Å². The van der Waals surface area contributed by atoms with Gasteiger partial charge in [-0.05, 0) is 24.3 Å². The molecule has 30 heavy (non-hydrogen) atoms. The molecule has 4 rings (SSSR count). The number of ether oxygens (including phenoxy) is 1. The largest absolute Gasteiger partial charge is 0.508 e. The van der Waals surface area contributed by atoms with Gasteiger partial charge in [0, 0.05) is 43.9 Å². The van der Waals surface area contributed by atoms with Gasteiger partial charge in [0.25, 0.3) is 0 Å². The van der Waals surface area contributed by atoms with Crippen LogP contribution in [-0.4, -0.2) is 52.5 Å². The number of nitrogens with zero attached hydrogens (tertiary/aromatic N) is 1. The van der Waals surface area contributed by atoms with E-state index in [1.54, 1.807) is 12.1 Å². The molecule has 2 aromatic carbocycles. The molecule has 1 fully saturated rings. The Kier molecular flexibility index (Phi) is 5.20. The first-order chi connectivity index (χ1) is 14.4. The summed E-state index contributed by atoms with van der Waals surface area (Å²) in [6.45, 7) is 1.98. The number of fused-ring (bicyclic) bond motifs is 1. The maximum absolute atomic E-state index is 12.6. The van der Waals surface area contributed by atoms with E-state index in [0.717, 1.165) is 6.07 Å². The molecule has 1 saturated heterocycles.